The zero-order chi connectivity index (χ0) is 19.1. The predicted molar refractivity (Wildman–Crippen MR) is 97.3 cm³/mol. The lowest BCUT2D eigenvalue weighted by molar-refractivity contribution is -0.384. The highest BCUT2D eigenvalue weighted by Gasteiger charge is 2.29. The fourth-order valence-corrected chi connectivity index (χ4v) is 3.19. The Labute approximate surface area is 158 Å². The summed E-state index contributed by atoms with van der Waals surface area (Å²) in [7, 11) is 0. The number of benzene rings is 1. The van der Waals surface area contributed by atoms with Crippen LogP contribution in [0.3, 0.4) is 0 Å². The van der Waals surface area contributed by atoms with E-state index in [0.717, 1.165) is 23.3 Å². The SMILES string of the molecule is O=C(O)N(Cc1cccc([N+](=O)[O-])c1)c1cc(Cl)nc2c(C3CC3)cnn12. The molecular formula is C17H14ClN5O4. The summed E-state index contributed by atoms with van der Waals surface area (Å²) >= 11 is 6.14. The quantitative estimate of drug-likeness (QED) is 0.404. The first-order valence-corrected chi connectivity index (χ1v) is 8.60. The van der Waals surface area contributed by atoms with Crippen LogP contribution in [0.15, 0.2) is 36.5 Å². The van der Waals surface area contributed by atoms with Crippen LogP contribution < -0.4 is 4.90 Å². The van der Waals surface area contributed by atoms with E-state index in [2.05, 4.69) is 10.1 Å². The molecule has 2 heterocycles. The first-order valence-electron chi connectivity index (χ1n) is 8.22. The highest BCUT2D eigenvalue weighted by Crippen LogP contribution is 2.42. The summed E-state index contributed by atoms with van der Waals surface area (Å²) < 4.78 is 1.45. The summed E-state index contributed by atoms with van der Waals surface area (Å²) in [6.45, 7) is -0.0922. The standard InChI is InChI=1S/C17H14ClN5O4/c18-14-7-15(22-16(20-14)13(8-19-22)11-4-5-11)21(17(24)25)9-10-2-1-3-12(6-10)23(26)27/h1-3,6-8,11H,4-5,9H2,(H,24,25). The van der Waals surface area contributed by atoms with Crippen LogP contribution in [0.25, 0.3) is 5.65 Å². The molecule has 0 atom stereocenters. The van der Waals surface area contributed by atoms with Crippen molar-refractivity contribution in [2.24, 2.45) is 0 Å². The van der Waals surface area contributed by atoms with Crippen molar-refractivity contribution in [2.45, 2.75) is 25.3 Å². The summed E-state index contributed by atoms with van der Waals surface area (Å²) in [6, 6.07) is 7.26. The third kappa shape index (κ3) is 3.28. The highest BCUT2D eigenvalue weighted by molar-refractivity contribution is 6.29. The fourth-order valence-electron chi connectivity index (χ4n) is 3.01. The molecule has 0 unspecified atom stereocenters. The Morgan fingerprint density at radius 1 is 1.41 bits per heavy atom. The fraction of sp³-hybridized carbons (Fsp3) is 0.235. The molecule has 9 nitrogen and oxygen atoms in total. The predicted octanol–water partition coefficient (Wildman–Crippen LogP) is 3.85. The average molecular weight is 388 g/mol. The minimum Gasteiger partial charge on any atom is -0.465 e. The molecule has 138 valence electrons. The smallest absolute Gasteiger partial charge is 0.413 e. The number of nitro benzene ring substituents is 1. The molecule has 3 aromatic rings. The molecule has 1 N–H and O–H groups in total. The van der Waals surface area contributed by atoms with Gasteiger partial charge in [-0.15, -0.1) is 0 Å². The maximum Gasteiger partial charge on any atom is 0.413 e. The van der Waals surface area contributed by atoms with Gasteiger partial charge in [-0.05, 0) is 24.3 Å². The van der Waals surface area contributed by atoms with Gasteiger partial charge in [-0.3, -0.25) is 15.0 Å². The number of hydrogen-bond donors (Lipinski definition) is 1. The zero-order valence-corrected chi connectivity index (χ0v) is 14.7. The van der Waals surface area contributed by atoms with Gasteiger partial charge in [0.15, 0.2) is 5.65 Å². The number of hydrogen-bond acceptors (Lipinski definition) is 5. The lowest BCUT2D eigenvalue weighted by Crippen LogP contribution is -2.30. The van der Waals surface area contributed by atoms with Crippen LogP contribution in [-0.2, 0) is 6.54 Å². The van der Waals surface area contributed by atoms with Gasteiger partial charge in [0, 0.05) is 23.8 Å². The Bertz CT molecular complexity index is 1060. The van der Waals surface area contributed by atoms with Crippen molar-refractivity contribution in [1.29, 1.82) is 0 Å². The number of non-ortho nitro benzene ring substituents is 1. The van der Waals surface area contributed by atoms with E-state index < -0.39 is 11.0 Å². The van der Waals surface area contributed by atoms with E-state index in [1.54, 1.807) is 12.3 Å². The van der Waals surface area contributed by atoms with Crippen LogP contribution >= 0.6 is 11.6 Å². The third-order valence-corrected chi connectivity index (χ3v) is 4.63. The number of halogens is 1. The van der Waals surface area contributed by atoms with Crippen LogP contribution in [0.4, 0.5) is 16.3 Å². The van der Waals surface area contributed by atoms with Crippen molar-refractivity contribution in [1.82, 2.24) is 14.6 Å². The van der Waals surface area contributed by atoms with E-state index in [4.69, 9.17) is 11.6 Å². The molecule has 4 rings (SSSR count). The largest absolute Gasteiger partial charge is 0.465 e. The molecule has 0 aliphatic heterocycles. The minimum absolute atomic E-state index is 0.0922. The zero-order valence-electron chi connectivity index (χ0n) is 13.9. The summed E-state index contributed by atoms with van der Waals surface area (Å²) in [5, 5.41) is 25.2. The van der Waals surface area contributed by atoms with Crippen molar-refractivity contribution < 1.29 is 14.8 Å². The Morgan fingerprint density at radius 2 is 2.19 bits per heavy atom. The molecule has 0 spiro atoms. The molecule has 1 aliphatic carbocycles. The number of carboxylic acid groups (broad SMARTS) is 1. The summed E-state index contributed by atoms with van der Waals surface area (Å²) in [4.78, 5) is 27.7. The maximum atomic E-state index is 11.9. The molecular weight excluding hydrogens is 374 g/mol. The molecule has 1 fully saturated rings. The molecule has 0 bridgehead atoms. The summed E-state index contributed by atoms with van der Waals surface area (Å²) in [5.41, 5.74) is 1.85. The second-order valence-corrected chi connectivity index (χ2v) is 6.73. The Balaban J connectivity index is 1.77. The van der Waals surface area contributed by atoms with Gasteiger partial charge >= 0.3 is 6.09 Å². The van der Waals surface area contributed by atoms with Crippen LogP contribution in [-0.4, -0.2) is 30.7 Å². The van der Waals surface area contributed by atoms with Crippen LogP contribution in [0, 0.1) is 10.1 Å². The molecule has 0 saturated heterocycles. The van der Waals surface area contributed by atoms with Gasteiger partial charge in [0.1, 0.15) is 11.0 Å². The van der Waals surface area contributed by atoms with Gasteiger partial charge in [-0.25, -0.2) is 9.78 Å². The van der Waals surface area contributed by atoms with Gasteiger partial charge in [0.2, 0.25) is 0 Å². The van der Waals surface area contributed by atoms with Crippen molar-refractivity contribution in [3.05, 3.63) is 62.9 Å². The normalized spacial score (nSPS) is 13.7. The monoisotopic (exact) mass is 387 g/mol. The molecule has 1 amide bonds. The highest BCUT2D eigenvalue weighted by atomic mass is 35.5. The first-order chi connectivity index (χ1) is 12.9. The molecule has 10 heteroatoms. The van der Waals surface area contributed by atoms with E-state index in [0.29, 0.717) is 17.1 Å². The number of rotatable bonds is 5. The Kier molecular flexibility index (Phi) is 4.15. The van der Waals surface area contributed by atoms with Gasteiger partial charge in [0.25, 0.3) is 5.69 Å². The number of fused-ring (bicyclic) bond motifs is 1. The van der Waals surface area contributed by atoms with Gasteiger partial charge in [0.05, 0.1) is 17.7 Å². The van der Waals surface area contributed by atoms with Gasteiger partial charge in [-0.1, -0.05) is 23.7 Å². The second-order valence-electron chi connectivity index (χ2n) is 6.34. The Hall–Kier alpha value is -3.20. The number of nitro groups is 1. The van der Waals surface area contributed by atoms with E-state index in [-0.39, 0.29) is 23.2 Å². The molecule has 27 heavy (non-hydrogen) atoms. The van der Waals surface area contributed by atoms with Gasteiger partial charge < -0.3 is 5.11 Å². The average Bonchev–Trinajstić information content (AvgIpc) is 3.39. The van der Waals surface area contributed by atoms with Crippen molar-refractivity contribution in [3.8, 4) is 0 Å². The van der Waals surface area contributed by atoms with Crippen LogP contribution in [0.1, 0.15) is 29.9 Å². The lowest BCUT2D eigenvalue weighted by Gasteiger charge is -2.20. The number of amides is 1. The second kappa shape index (κ2) is 6.51. The number of nitrogens with zero attached hydrogens (tertiary/aromatic N) is 5. The number of aromatic nitrogens is 3. The van der Waals surface area contributed by atoms with E-state index in [1.807, 2.05) is 0 Å². The summed E-state index contributed by atoms with van der Waals surface area (Å²) in [5.74, 6) is 0.604. The molecule has 1 aliphatic rings. The Morgan fingerprint density at radius 3 is 2.85 bits per heavy atom. The molecule has 2 aromatic heterocycles. The van der Waals surface area contributed by atoms with Crippen molar-refractivity contribution in [3.63, 3.8) is 0 Å². The van der Waals surface area contributed by atoms with Crippen LogP contribution in [0.5, 0.6) is 0 Å². The number of anilines is 1. The lowest BCUT2D eigenvalue weighted by atomic mass is 10.2. The molecule has 1 aromatic carbocycles. The van der Waals surface area contributed by atoms with Gasteiger partial charge in [-0.2, -0.15) is 9.61 Å². The number of carbonyl (C=O) groups is 1. The van der Waals surface area contributed by atoms with E-state index in [1.165, 1.54) is 28.8 Å². The summed E-state index contributed by atoms with van der Waals surface area (Å²) in [6.07, 6.45) is 2.55. The van der Waals surface area contributed by atoms with Crippen LogP contribution in [0.2, 0.25) is 5.15 Å². The molecule has 1 saturated carbocycles. The third-order valence-electron chi connectivity index (χ3n) is 4.44. The topological polar surface area (TPSA) is 114 Å². The van der Waals surface area contributed by atoms with E-state index >= 15 is 0 Å². The van der Waals surface area contributed by atoms with Crippen molar-refractivity contribution in [2.75, 3.05) is 4.90 Å². The molecule has 0 radical (unpaired) electrons. The van der Waals surface area contributed by atoms with Crippen molar-refractivity contribution >= 4 is 34.8 Å². The first kappa shape index (κ1) is 17.2. The maximum absolute atomic E-state index is 11.9. The minimum atomic E-state index is -1.23. The van der Waals surface area contributed by atoms with E-state index in [9.17, 15) is 20.0 Å².